The fraction of sp³-hybridized carbons (Fsp3) is 0.412. The lowest BCUT2D eigenvalue weighted by Crippen LogP contribution is -2.21. The lowest BCUT2D eigenvalue weighted by molar-refractivity contribution is -0.145. The smallest absolute Gasteiger partial charge is 0.322 e. The Hall–Kier alpha value is -2.34. The average molecular weight is 316 g/mol. The standard InChI is InChI=1S/C17H20N2O4/c20-16(21)10-17(22)23-13-3-4-14-12(11-18-15(14)9-13)5-8-19-6-1-2-7-19/h3-4,9,11,18H,1-2,5-8,10H2,(H,20,21). The molecule has 2 aromatic rings. The van der Waals surface area contributed by atoms with E-state index >= 15 is 0 Å². The van der Waals surface area contributed by atoms with Gasteiger partial charge in [-0.25, -0.2) is 0 Å². The molecule has 0 spiro atoms. The number of hydrogen-bond donors (Lipinski definition) is 2. The second-order valence-corrected chi connectivity index (χ2v) is 5.86. The van der Waals surface area contributed by atoms with Crippen LogP contribution in [0.4, 0.5) is 0 Å². The number of carbonyl (C=O) groups is 2. The van der Waals surface area contributed by atoms with E-state index < -0.39 is 18.4 Å². The van der Waals surface area contributed by atoms with Gasteiger partial charge in [-0.3, -0.25) is 9.59 Å². The number of H-pyrrole nitrogens is 1. The SMILES string of the molecule is O=C(O)CC(=O)Oc1ccc2c(CCN3CCCC3)c[nH]c2c1. The number of carbonyl (C=O) groups excluding carboxylic acids is 1. The van der Waals surface area contributed by atoms with Crippen LogP contribution in [0.3, 0.4) is 0 Å². The zero-order chi connectivity index (χ0) is 16.2. The summed E-state index contributed by atoms with van der Waals surface area (Å²) in [5, 5.41) is 9.69. The van der Waals surface area contributed by atoms with Gasteiger partial charge >= 0.3 is 11.9 Å². The fourth-order valence-corrected chi connectivity index (χ4v) is 3.01. The van der Waals surface area contributed by atoms with Crippen LogP contribution in [0.15, 0.2) is 24.4 Å². The molecule has 1 aromatic heterocycles. The first kappa shape index (κ1) is 15.6. The maximum Gasteiger partial charge on any atom is 0.322 e. The van der Waals surface area contributed by atoms with Crippen molar-refractivity contribution in [2.45, 2.75) is 25.7 Å². The second-order valence-electron chi connectivity index (χ2n) is 5.86. The molecule has 0 radical (unpaired) electrons. The molecule has 3 rings (SSSR count). The Balaban J connectivity index is 1.66. The summed E-state index contributed by atoms with van der Waals surface area (Å²) in [6.45, 7) is 3.43. The maximum absolute atomic E-state index is 11.4. The van der Waals surface area contributed by atoms with Gasteiger partial charge in [0.1, 0.15) is 12.2 Å². The molecule has 1 saturated heterocycles. The Bertz CT molecular complexity index is 716. The van der Waals surface area contributed by atoms with Crippen LogP contribution < -0.4 is 4.74 Å². The number of benzene rings is 1. The molecule has 122 valence electrons. The lowest BCUT2D eigenvalue weighted by Gasteiger charge is -2.13. The average Bonchev–Trinajstić information content (AvgIpc) is 3.13. The van der Waals surface area contributed by atoms with Crippen molar-refractivity contribution in [3.8, 4) is 5.75 Å². The van der Waals surface area contributed by atoms with Crippen molar-refractivity contribution in [2.75, 3.05) is 19.6 Å². The number of fused-ring (bicyclic) bond motifs is 1. The van der Waals surface area contributed by atoms with Crippen LogP contribution in [-0.2, 0) is 16.0 Å². The van der Waals surface area contributed by atoms with Crippen LogP contribution in [0.2, 0.25) is 0 Å². The molecule has 0 unspecified atom stereocenters. The molecule has 1 aliphatic rings. The van der Waals surface area contributed by atoms with Crippen molar-refractivity contribution in [3.05, 3.63) is 30.0 Å². The number of rotatable bonds is 6. The summed E-state index contributed by atoms with van der Waals surface area (Å²) < 4.78 is 5.04. The number of carboxylic acids is 1. The quantitative estimate of drug-likeness (QED) is 0.485. The third kappa shape index (κ3) is 3.90. The van der Waals surface area contributed by atoms with Gasteiger partial charge in [0, 0.05) is 29.7 Å². The summed E-state index contributed by atoms with van der Waals surface area (Å²) in [6, 6.07) is 5.35. The zero-order valence-electron chi connectivity index (χ0n) is 12.9. The first-order chi connectivity index (χ1) is 11.1. The van der Waals surface area contributed by atoms with Crippen molar-refractivity contribution in [1.29, 1.82) is 0 Å². The molecule has 0 bridgehead atoms. The number of nitrogens with one attached hydrogen (secondary N) is 1. The van der Waals surface area contributed by atoms with E-state index in [4.69, 9.17) is 9.84 Å². The summed E-state index contributed by atoms with van der Waals surface area (Å²) in [5.41, 5.74) is 2.14. The minimum absolute atomic E-state index is 0.358. The molecule has 6 nitrogen and oxygen atoms in total. The molecule has 0 atom stereocenters. The van der Waals surface area contributed by atoms with Gasteiger partial charge in [-0.05, 0) is 50.0 Å². The predicted octanol–water partition coefficient (Wildman–Crippen LogP) is 2.19. The molecule has 1 aliphatic heterocycles. The number of likely N-dealkylation sites (tertiary alicyclic amines) is 1. The molecule has 1 aromatic carbocycles. The van der Waals surface area contributed by atoms with Gasteiger partial charge in [0.05, 0.1) is 0 Å². The Labute approximate surface area is 134 Å². The summed E-state index contributed by atoms with van der Waals surface area (Å²) in [4.78, 5) is 27.5. The molecule has 0 saturated carbocycles. The van der Waals surface area contributed by atoms with E-state index in [-0.39, 0.29) is 0 Å². The number of aromatic nitrogens is 1. The Morgan fingerprint density at radius 3 is 2.78 bits per heavy atom. The molecular weight excluding hydrogens is 296 g/mol. The summed E-state index contributed by atoms with van der Waals surface area (Å²) in [6.07, 6.45) is 4.92. The van der Waals surface area contributed by atoms with E-state index in [2.05, 4.69) is 9.88 Å². The van der Waals surface area contributed by atoms with Crippen LogP contribution in [0.5, 0.6) is 5.75 Å². The van der Waals surface area contributed by atoms with Crippen molar-refractivity contribution >= 4 is 22.8 Å². The van der Waals surface area contributed by atoms with Gasteiger partial charge in [-0.15, -0.1) is 0 Å². The van der Waals surface area contributed by atoms with Crippen molar-refractivity contribution in [1.82, 2.24) is 9.88 Å². The van der Waals surface area contributed by atoms with Gasteiger partial charge in [0.25, 0.3) is 0 Å². The van der Waals surface area contributed by atoms with Gasteiger partial charge in [-0.1, -0.05) is 0 Å². The minimum Gasteiger partial charge on any atom is -0.481 e. The Morgan fingerprint density at radius 1 is 1.26 bits per heavy atom. The van der Waals surface area contributed by atoms with Gasteiger partial charge < -0.3 is 19.7 Å². The first-order valence-electron chi connectivity index (χ1n) is 7.86. The van der Waals surface area contributed by atoms with E-state index in [0.29, 0.717) is 5.75 Å². The Morgan fingerprint density at radius 2 is 2.04 bits per heavy atom. The monoisotopic (exact) mass is 316 g/mol. The lowest BCUT2D eigenvalue weighted by atomic mass is 10.1. The van der Waals surface area contributed by atoms with E-state index in [9.17, 15) is 9.59 Å². The molecule has 0 aliphatic carbocycles. The third-order valence-corrected chi connectivity index (χ3v) is 4.16. The molecule has 0 amide bonds. The van der Waals surface area contributed by atoms with Crippen molar-refractivity contribution < 1.29 is 19.4 Å². The van der Waals surface area contributed by atoms with Crippen LogP contribution in [-0.4, -0.2) is 46.6 Å². The first-order valence-corrected chi connectivity index (χ1v) is 7.86. The van der Waals surface area contributed by atoms with Gasteiger partial charge in [-0.2, -0.15) is 0 Å². The minimum atomic E-state index is -1.19. The number of esters is 1. The van der Waals surface area contributed by atoms with Crippen molar-refractivity contribution in [2.24, 2.45) is 0 Å². The maximum atomic E-state index is 11.4. The molecule has 2 N–H and O–H groups in total. The molecule has 6 heteroatoms. The van der Waals surface area contributed by atoms with Crippen molar-refractivity contribution in [3.63, 3.8) is 0 Å². The highest BCUT2D eigenvalue weighted by atomic mass is 16.5. The topological polar surface area (TPSA) is 82.6 Å². The zero-order valence-corrected chi connectivity index (χ0v) is 12.9. The molecule has 23 heavy (non-hydrogen) atoms. The highest BCUT2D eigenvalue weighted by Gasteiger charge is 2.14. The second kappa shape index (κ2) is 6.83. The fourth-order valence-electron chi connectivity index (χ4n) is 3.01. The van der Waals surface area contributed by atoms with Gasteiger partial charge in [0.15, 0.2) is 0 Å². The highest BCUT2D eigenvalue weighted by Crippen LogP contribution is 2.24. The van der Waals surface area contributed by atoms with E-state index in [1.165, 1.54) is 31.5 Å². The Kier molecular flexibility index (Phi) is 4.62. The third-order valence-electron chi connectivity index (χ3n) is 4.16. The predicted molar refractivity (Wildman–Crippen MR) is 85.6 cm³/mol. The van der Waals surface area contributed by atoms with E-state index in [0.717, 1.165) is 23.9 Å². The number of ether oxygens (including phenoxy) is 1. The summed E-state index contributed by atoms with van der Waals surface area (Å²) in [7, 11) is 0. The van der Waals surface area contributed by atoms with E-state index in [1.54, 1.807) is 12.1 Å². The van der Waals surface area contributed by atoms with Crippen LogP contribution in [0, 0.1) is 0 Å². The molecular formula is C17H20N2O4. The van der Waals surface area contributed by atoms with Crippen LogP contribution in [0.1, 0.15) is 24.8 Å². The number of aliphatic carboxylic acids is 1. The van der Waals surface area contributed by atoms with E-state index in [1.807, 2.05) is 12.3 Å². The number of aromatic amines is 1. The summed E-state index contributed by atoms with van der Waals surface area (Å²) in [5.74, 6) is -1.60. The normalized spacial score (nSPS) is 15.1. The summed E-state index contributed by atoms with van der Waals surface area (Å²) >= 11 is 0. The van der Waals surface area contributed by atoms with Crippen LogP contribution in [0.25, 0.3) is 10.9 Å². The van der Waals surface area contributed by atoms with Gasteiger partial charge in [0.2, 0.25) is 0 Å². The highest BCUT2D eigenvalue weighted by molar-refractivity contribution is 5.92. The largest absolute Gasteiger partial charge is 0.481 e. The number of carboxylic acid groups (broad SMARTS) is 1. The molecule has 2 heterocycles. The van der Waals surface area contributed by atoms with Crippen LogP contribution >= 0.6 is 0 Å². The molecule has 1 fully saturated rings. The number of hydrogen-bond acceptors (Lipinski definition) is 4. The number of nitrogens with zero attached hydrogens (tertiary/aromatic N) is 1.